The molecule has 0 saturated heterocycles. The van der Waals surface area contributed by atoms with Crippen LogP contribution in [0.3, 0.4) is 0 Å². The van der Waals surface area contributed by atoms with Gasteiger partial charge in [0.2, 0.25) is 0 Å². The quantitative estimate of drug-likeness (QED) is 0.369. The molecule has 1 aromatic heterocycles. The molecule has 0 aromatic carbocycles. The Hall–Kier alpha value is -1.08. The summed E-state index contributed by atoms with van der Waals surface area (Å²) in [6.45, 7) is 6.50. The van der Waals surface area contributed by atoms with E-state index in [1.165, 1.54) is 16.5 Å². The lowest BCUT2D eigenvalue weighted by molar-refractivity contribution is 0.337. The van der Waals surface area contributed by atoms with Gasteiger partial charge >= 0.3 is 15.2 Å². The van der Waals surface area contributed by atoms with Gasteiger partial charge in [-0.15, -0.1) is 5.10 Å². The number of hydrogen-bond acceptors (Lipinski definition) is 4. The van der Waals surface area contributed by atoms with Crippen LogP contribution in [0.4, 0.5) is 0 Å². The average molecular weight is 393 g/mol. The first-order valence-corrected chi connectivity index (χ1v) is 11.0. The van der Waals surface area contributed by atoms with Crippen LogP contribution in [0.25, 0.3) is 0 Å². The highest BCUT2D eigenvalue weighted by molar-refractivity contribution is 7.70. The second-order valence-corrected chi connectivity index (χ2v) is 10.2. The minimum Gasteiger partial charge on any atom is -0.324 e. The lowest BCUT2D eigenvalue weighted by Crippen LogP contribution is -2.13. The molecule has 0 aliphatic carbocycles. The summed E-state index contributed by atoms with van der Waals surface area (Å²) in [5.74, 6) is 0. The Bertz CT molecular complexity index is 705. The standard InChI is InChI=1S/C14H25N3O6P2/c1-11(2)5-4-6-12(3)7-8-17-10-13(15-16-17)9-14(24(18,19)20)25(21,22)23/h5,7,10,14H,4,6,8-9H2,1-3H3,(H2,18,19,20)(H2,21,22,23)/b12-7-. The van der Waals surface area contributed by atoms with E-state index in [2.05, 4.69) is 16.4 Å². The highest BCUT2D eigenvalue weighted by atomic mass is 31.2. The molecule has 1 heterocycles. The molecule has 0 amide bonds. The lowest BCUT2D eigenvalue weighted by Gasteiger charge is -2.18. The van der Waals surface area contributed by atoms with Gasteiger partial charge in [-0.25, -0.2) is 4.68 Å². The van der Waals surface area contributed by atoms with Crippen LogP contribution in [-0.4, -0.2) is 40.0 Å². The summed E-state index contributed by atoms with van der Waals surface area (Å²) in [4.78, 5) is 36.5. The fraction of sp³-hybridized carbons (Fsp3) is 0.571. The Morgan fingerprint density at radius 3 is 2.28 bits per heavy atom. The Labute approximate surface area is 146 Å². The first-order chi connectivity index (χ1) is 11.4. The second kappa shape index (κ2) is 9.03. The molecule has 0 atom stereocenters. The third kappa shape index (κ3) is 8.23. The zero-order chi connectivity index (χ0) is 19.3. The summed E-state index contributed by atoms with van der Waals surface area (Å²) in [5.41, 5.74) is 2.54. The highest BCUT2D eigenvalue weighted by Crippen LogP contribution is 2.60. The van der Waals surface area contributed by atoms with Gasteiger partial charge in [-0.05, 0) is 33.6 Å². The Balaban J connectivity index is 2.71. The monoisotopic (exact) mass is 393 g/mol. The summed E-state index contributed by atoms with van der Waals surface area (Å²) in [7, 11) is -9.93. The van der Waals surface area contributed by atoms with Gasteiger partial charge in [0.1, 0.15) is 0 Å². The third-order valence-electron chi connectivity index (χ3n) is 3.47. The van der Waals surface area contributed by atoms with Gasteiger partial charge < -0.3 is 19.6 Å². The van der Waals surface area contributed by atoms with Crippen LogP contribution >= 0.6 is 15.2 Å². The molecule has 11 heteroatoms. The van der Waals surface area contributed by atoms with Crippen molar-refractivity contribution < 1.29 is 28.7 Å². The molecule has 0 spiro atoms. The summed E-state index contributed by atoms with van der Waals surface area (Å²) in [6, 6.07) is 0. The maximum Gasteiger partial charge on any atom is 0.341 e. The van der Waals surface area contributed by atoms with Gasteiger partial charge in [0.25, 0.3) is 0 Å². The maximum absolute atomic E-state index is 11.3. The molecule has 25 heavy (non-hydrogen) atoms. The number of aromatic nitrogens is 3. The molecular weight excluding hydrogens is 368 g/mol. The molecule has 142 valence electrons. The number of rotatable bonds is 9. The van der Waals surface area contributed by atoms with E-state index in [1.807, 2.05) is 26.8 Å². The molecule has 0 fully saturated rings. The molecule has 0 aliphatic rings. The van der Waals surface area contributed by atoms with Crippen LogP contribution in [0.1, 0.15) is 39.3 Å². The zero-order valence-electron chi connectivity index (χ0n) is 14.5. The van der Waals surface area contributed by atoms with Crippen molar-refractivity contribution in [3.8, 4) is 0 Å². The van der Waals surface area contributed by atoms with E-state index in [0.717, 1.165) is 18.4 Å². The van der Waals surface area contributed by atoms with Crippen LogP contribution in [-0.2, 0) is 22.1 Å². The highest BCUT2D eigenvalue weighted by Gasteiger charge is 2.43. The van der Waals surface area contributed by atoms with E-state index in [0.29, 0.717) is 6.54 Å². The van der Waals surface area contributed by atoms with Crippen LogP contribution < -0.4 is 0 Å². The minimum atomic E-state index is -4.96. The topological polar surface area (TPSA) is 146 Å². The first-order valence-electron chi connectivity index (χ1n) is 7.68. The number of hydrogen-bond donors (Lipinski definition) is 4. The van der Waals surface area contributed by atoms with Crippen LogP contribution in [0.5, 0.6) is 0 Å². The minimum absolute atomic E-state index is 0.118. The van der Waals surface area contributed by atoms with Crippen molar-refractivity contribution in [2.45, 2.75) is 52.0 Å². The summed E-state index contributed by atoms with van der Waals surface area (Å²) in [6.07, 6.45) is 6.84. The smallest absolute Gasteiger partial charge is 0.324 e. The first kappa shape index (κ1) is 22.0. The molecule has 0 unspecified atom stereocenters. The molecule has 1 rings (SSSR count). The van der Waals surface area contributed by atoms with E-state index in [9.17, 15) is 9.13 Å². The van der Waals surface area contributed by atoms with Gasteiger partial charge in [0, 0.05) is 12.6 Å². The average Bonchev–Trinajstić information content (AvgIpc) is 2.87. The van der Waals surface area contributed by atoms with Crippen LogP contribution in [0.2, 0.25) is 0 Å². The van der Waals surface area contributed by atoms with E-state index in [-0.39, 0.29) is 5.69 Å². The van der Waals surface area contributed by atoms with Gasteiger partial charge in [-0.3, -0.25) is 9.13 Å². The van der Waals surface area contributed by atoms with Gasteiger partial charge in [0.15, 0.2) is 5.40 Å². The molecule has 0 radical (unpaired) electrons. The molecule has 9 nitrogen and oxygen atoms in total. The van der Waals surface area contributed by atoms with Crippen molar-refractivity contribution in [2.24, 2.45) is 0 Å². The van der Waals surface area contributed by atoms with Gasteiger partial charge in [0.05, 0.1) is 12.2 Å². The van der Waals surface area contributed by atoms with Crippen molar-refractivity contribution in [1.82, 2.24) is 15.0 Å². The normalized spacial score (nSPS) is 13.4. The molecule has 0 saturated carbocycles. The van der Waals surface area contributed by atoms with Crippen LogP contribution in [0.15, 0.2) is 29.5 Å². The van der Waals surface area contributed by atoms with Crippen molar-refractivity contribution in [2.75, 3.05) is 0 Å². The largest absolute Gasteiger partial charge is 0.341 e. The van der Waals surface area contributed by atoms with Crippen LogP contribution in [0, 0.1) is 0 Å². The second-order valence-electron chi connectivity index (χ2n) is 6.17. The molecule has 1 aromatic rings. The van der Waals surface area contributed by atoms with Crippen molar-refractivity contribution in [1.29, 1.82) is 0 Å². The Morgan fingerprint density at radius 2 is 1.76 bits per heavy atom. The summed E-state index contributed by atoms with van der Waals surface area (Å²) >= 11 is 0. The molecular formula is C14H25N3O6P2. The third-order valence-corrected chi connectivity index (χ3v) is 7.20. The molecule has 0 bridgehead atoms. The summed E-state index contributed by atoms with van der Waals surface area (Å²) < 4.78 is 24.0. The summed E-state index contributed by atoms with van der Waals surface area (Å²) in [5, 5.41) is 5.45. The lowest BCUT2D eigenvalue weighted by atomic mass is 10.1. The Morgan fingerprint density at radius 1 is 1.16 bits per heavy atom. The zero-order valence-corrected chi connectivity index (χ0v) is 16.3. The van der Waals surface area contributed by atoms with E-state index < -0.39 is 27.0 Å². The number of allylic oxidation sites excluding steroid dienone is 4. The van der Waals surface area contributed by atoms with Gasteiger partial charge in [-0.1, -0.05) is 28.5 Å². The van der Waals surface area contributed by atoms with Gasteiger partial charge in [-0.2, -0.15) is 0 Å². The van der Waals surface area contributed by atoms with Crippen molar-refractivity contribution >= 4 is 15.2 Å². The molecule has 4 N–H and O–H groups in total. The molecule has 0 aliphatic heterocycles. The van der Waals surface area contributed by atoms with E-state index in [4.69, 9.17) is 19.6 Å². The predicted octanol–water partition coefficient (Wildman–Crippen LogP) is 2.19. The van der Waals surface area contributed by atoms with Crippen molar-refractivity contribution in [3.63, 3.8) is 0 Å². The van der Waals surface area contributed by atoms with E-state index >= 15 is 0 Å². The van der Waals surface area contributed by atoms with E-state index in [1.54, 1.807) is 0 Å². The predicted molar refractivity (Wildman–Crippen MR) is 94.0 cm³/mol. The fourth-order valence-corrected chi connectivity index (χ4v) is 4.50. The fourth-order valence-electron chi connectivity index (χ4n) is 2.08. The number of nitrogens with zero attached hydrogens (tertiary/aromatic N) is 3. The maximum atomic E-state index is 11.3. The Kier molecular flexibility index (Phi) is 7.93. The SMILES string of the molecule is CC(C)=CCC/C(C)=C\Cn1cc(CC(P(=O)(O)O)P(=O)(O)O)nn1. The van der Waals surface area contributed by atoms with Crippen molar-refractivity contribution in [3.05, 3.63) is 35.2 Å².